The van der Waals surface area contributed by atoms with Crippen molar-refractivity contribution in [1.29, 1.82) is 0 Å². The smallest absolute Gasteiger partial charge is 0.340 e. The quantitative estimate of drug-likeness (QED) is 0.843. The fourth-order valence-corrected chi connectivity index (χ4v) is 2.76. The van der Waals surface area contributed by atoms with Crippen molar-refractivity contribution in [2.75, 3.05) is 25.1 Å². The summed E-state index contributed by atoms with van der Waals surface area (Å²) in [5, 5.41) is 12.9. The van der Waals surface area contributed by atoms with Crippen molar-refractivity contribution >= 4 is 22.5 Å². The molecule has 1 atom stereocenters. The van der Waals surface area contributed by atoms with Crippen molar-refractivity contribution in [3.05, 3.63) is 11.3 Å². The molecule has 0 radical (unpaired) electrons. The average Bonchev–Trinajstić information content (AvgIpc) is 2.88. The molecular formula is C11H16N2O3S. The molecule has 17 heavy (non-hydrogen) atoms. The van der Waals surface area contributed by atoms with Crippen LogP contribution in [0, 0.1) is 12.8 Å². The lowest BCUT2D eigenvalue weighted by Crippen LogP contribution is -2.10. The number of anilines is 1. The van der Waals surface area contributed by atoms with Crippen molar-refractivity contribution in [1.82, 2.24) is 4.37 Å². The van der Waals surface area contributed by atoms with E-state index in [2.05, 4.69) is 9.69 Å². The number of aromatic carboxylic acids is 1. The van der Waals surface area contributed by atoms with Gasteiger partial charge in [0.15, 0.2) is 0 Å². The predicted octanol–water partition coefficient (Wildman–Crippen LogP) is 1.99. The van der Waals surface area contributed by atoms with Crippen LogP contribution in [-0.4, -0.2) is 35.2 Å². The van der Waals surface area contributed by atoms with Gasteiger partial charge in [0.2, 0.25) is 0 Å². The van der Waals surface area contributed by atoms with Gasteiger partial charge in [-0.15, -0.1) is 0 Å². The maximum Gasteiger partial charge on any atom is 0.340 e. The van der Waals surface area contributed by atoms with Crippen LogP contribution in [0.5, 0.6) is 0 Å². The van der Waals surface area contributed by atoms with Gasteiger partial charge >= 0.3 is 5.97 Å². The van der Waals surface area contributed by atoms with Gasteiger partial charge < -0.3 is 15.2 Å². The number of hydrogen-bond acceptors (Lipinski definition) is 5. The summed E-state index contributed by atoms with van der Waals surface area (Å²) in [6.45, 7) is 4.17. The summed E-state index contributed by atoms with van der Waals surface area (Å²) in [5.74, 6) is -0.312. The zero-order valence-corrected chi connectivity index (χ0v) is 10.5. The molecule has 0 saturated carbocycles. The fraction of sp³-hybridized carbons (Fsp3) is 0.636. The Morgan fingerprint density at radius 3 is 3.18 bits per heavy atom. The minimum Gasteiger partial charge on any atom is -0.478 e. The lowest BCUT2D eigenvalue weighted by molar-refractivity contribution is 0.0697. The summed E-state index contributed by atoms with van der Waals surface area (Å²) in [5.41, 5.74) is 0.881. The highest BCUT2D eigenvalue weighted by Gasteiger charge is 2.18. The van der Waals surface area contributed by atoms with E-state index in [-0.39, 0.29) is 0 Å². The Kier molecular flexibility index (Phi) is 3.96. The molecule has 2 N–H and O–H groups in total. The third kappa shape index (κ3) is 2.95. The summed E-state index contributed by atoms with van der Waals surface area (Å²) in [6.07, 6.45) is 2.12. The number of aromatic nitrogens is 1. The molecule has 0 aliphatic carbocycles. The van der Waals surface area contributed by atoms with Gasteiger partial charge in [-0.05, 0) is 37.2 Å². The van der Waals surface area contributed by atoms with Crippen molar-refractivity contribution in [2.24, 2.45) is 5.92 Å². The number of rotatable bonds is 5. The molecule has 2 heterocycles. The number of carbonyl (C=O) groups is 1. The van der Waals surface area contributed by atoms with Crippen LogP contribution in [0.3, 0.4) is 0 Å². The van der Waals surface area contributed by atoms with E-state index in [1.807, 2.05) is 0 Å². The van der Waals surface area contributed by atoms with Gasteiger partial charge in [-0.3, -0.25) is 0 Å². The van der Waals surface area contributed by atoms with Crippen molar-refractivity contribution in [3.8, 4) is 0 Å². The Bertz CT molecular complexity index is 399. The number of nitrogens with zero attached hydrogens (tertiary/aromatic N) is 1. The number of ether oxygens (including phenoxy) is 1. The lowest BCUT2D eigenvalue weighted by Gasteiger charge is -2.08. The average molecular weight is 256 g/mol. The van der Waals surface area contributed by atoms with Crippen LogP contribution in [0.1, 0.15) is 28.9 Å². The van der Waals surface area contributed by atoms with E-state index in [9.17, 15) is 4.79 Å². The normalized spacial score (nSPS) is 19.5. The van der Waals surface area contributed by atoms with Crippen LogP contribution >= 0.6 is 11.5 Å². The number of hydrogen-bond donors (Lipinski definition) is 2. The standard InChI is InChI=1S/C11H16N2O3S/c1-7-9(11(14)15)10(17-13-7)12-4-2-8-3-5-16-6-8/h8,12H,2-6H2,1H3,(H,14,15). The first-order valence-corrected chi connectivity index (χ1v) is 6.47. The first kappa shape index (κ1) is 12.3. The van der Waals surface area contributed by atoms with Crippen molar-refractivity contribution < 1.29 is 14.6 Å². The largest absolute Gasteiger partial charge is 0.478 e. The molecule has 2 rings (SSSR count). The van der Waals surface area contributed by atoms with Gasteiger partial charge in [-0.2, -0.15) is 4.37 Å². The molecule has 1 saturated heterocycles. The number of carboxylic acids is 1. The highest BCUT2D eigenvalue weighted by atomic mass is 32.1. The van der Waals surface area contributed by atoms with Crippen LogP contribution in [-0.2, 0) is 4.74 Å². The van der Waals surface area contributed by atoms with E-state index >= 15 is 0 Å². The minimum absolute atomic E-state index is 0.303. The highest BCUT2D eigenvalue weighted by molar-refractivity contribution is 7.10. The topological polar surface area (TPSA) is 71.5 Å². The molecule has 0 bridgehead atoms. The molecule has 94 valence electrons. The molecule has 0 amide bonds. The summed E-state index contributed by atoms with van der Waals surface area (Å²) in [7, 11) is 0. The van der Waals surface area contributed by atoms with E-state index in [0.717, 1.165) is 32.6 Å². The third-order valence-electron chi connectivity index (χ3n) is 2.94. The molecule has 0 spiro atoms. The first-order valence-electron chi connectivity index (χ1n) is 5.69. The summed E-state index contributed by atoms with van der Waals surface area (Å²) >= 11 is 1.21. The Balaban J connectivity index is 1.88. The van der Waals surface area contributed by atoms with E-state index in [1.165, 1.54) is 11.5 Å². The molecular weight excluding hydrogens is 240 g/mol. The third-order valence-corrected chi connectivity index (χ3v) is 3.83. The van der Waals surface area contributed by atoms with Gasteiger partial charge in [0, 0.05) is 19.8 Å². The fourth-order valence-electron chi connectivity index (χ4n) is 1.94. The van der Waals surface area contributed by atoms with Crippen LogP contribution < -0.4 is 5.32 Å². The second-order valence-electron chi connectivity index (χ2n) is 4.22. The van der Waals surface area contributed by atoms with E-state index in [4.69, 9.17) is 9.84 Å². The Morgan fingerprint density at radius 1 is 1.71 bits per heavy atom. The van der Waals surface area contributed by atoms with E-state index in [0.29, 0.717) is 22.2 Å². The molecule has 1 aliphatic heterocycles. The zero-order chi connectivity index (χ0) is 12.3. The van der Waals surface area contributed by atoms with E-state index < -0.39 is 5.97 Å². The SMILES string of the molecule is Cc1nsc(NCCC2CCOC2)c1C(=O)O. The predicted molar refractivity (Wildman–Crippen MR) is 65.8 cm³/mol. The molecule has 1 fully saturated rings. The summed E-state index contributed by atoms with van der Waals surface area (Å²) < 4.78 is 9.36. The molecule has 1 aromatic rings. The number of nitrogens with one attached hydrogen (secondary N) is 1. The van der Waals surface area contributed by atoms with Gasteiger partial charge in [0.1, 0.15) is 10.6 Å². The van der Waals surface area contributed by atoms with Gasteiger partial charge in [0.05, 0.1) is 5.69 Å². The summed E-state index contributed by atoms with van der Waals surface area (Å²) in [4.78, 5) is 11.0. The van der Waals surface area contributed by atoms with E-state index in [1.54, 1.807) is 6.92 Å². The Morgan fingerprint density at radius 2 is 2.53 bits per heavy atom. The molecule has 1 aromatic heterocycles. The molecule has 1 aliphatic rings. The molecule has 6 heteroatoms. The first-order chi connectivity index (χ1) is 8.18. The van der Waals surface area contributed by atoms with Crippen molar-refractivity contribution in [3.63, 3.8) is 0 Å². The van der Waals surface area contributed by atoms with Crippen molar-refractivity contribution in [2.45, 2.75) is 19.8 Å². The minimum atomic E-state index is -0.914. The van der Waals surface area contributed by atoms with Crippen LogP contribution in [0.15, 0.2) is 0 Å². The van der Waals surface area contributed by atoms with Crippen LogP contribution in [0.25, 0.3) is 0 Å². The lowest BCUT2D eigenvalue weighted by atomic mass is 10.1. The van der Waals surface area contributed by atoms with Gasteiger partial charge in [-0.25, -0.2) is 4.79 Å². The zero-order valence-electron chi connectivity index (χ0n) is 9.73. The molecule has 1 unspecified atom stereocenters. The summed E-state index contributed by atoms with van der Waals surface area (Å²) in [6, 6.07) is 0. The molecule has 0 aromatic carbocycles. The maximum atomic E-state index is 11.0. The second-order valence-corrected chi connectivity index (χ2v) is 5.00. The number of aryl methyl sites for hydroxylation is 1. The maximum absolute atomic E-state index is 11.0. The van der Waals surface area contributed by atoms with Crippen LogP contribution in [0.2, 0.25) is 0 Å². The van der Waals surface area contributed by atoms with Crippen LogP contribution in [0.4, 0.5) is 5.00 Å². The monoisotopic (exact) mass is 256 g/mol. The number of carboxylic acid groups (broad SMARTS) is 1. The van der Waals surface area contributed by atoms with Gasteiger partial charge in [0.25, 0.3) is 0 Å². The Labute approximate surface area is 104 Å². The second kappa shape index (κ2) is 5.46. The Hall–Kier alpha value is -1.14. The highest BCUT2D eigenvalue weighted by Crippen LogP contribution is 2.25. The van der Waals surface area contributed by atoms with Gasteiger partial charge in [-0.1, -0.05) is 0 Å². The molecule has 5 nitrogen and oxygen atoms in total.